The number of hydrogen-bond donors (Lipinski definition) is 1. The molecule has 0 fully saturated rings. The summed E-state index contributed by atoms with van der Waals surface area (Å²) in [6, 6.07) is 11.5. The zero-order chi connectivity index (χ0) is 17.1. The van der Waals surface area contributed by atoms with E-state index in [1.54, 1.807) is 11.3 Å². The van der Waals surface area contributed by atoms with E-state index in [1.165, 1.54) is 0 Å². The lowest BCUT2D eigenvalue weighted by atomic mass is 10.1. The van der Waals surface area contributed by atoms with Gasteiger partial charge in [-0.2, -0.15) is 4.98 Å². The van der Waals surface area contributed by atoms with Crippen LogP contribution in [0, 0.1) is 6.92 Å². The quantitative estimate of drug-likeness (QED) is 0.756. The Balaban J connectivity index is 1.66. The van der Waals surface area contributed by atoms with E-state index in [9.17, 15) is 4.79 Å². The van der Waals surface area contributed by atoms with Gasteiger partial charge < -0.3 is 9.84 Å². The van der Waals surface area contributed by atoms with Crippen molar-refractivity contribution >= 4 is 17.2 Å². The van der Waals surface area contributed by atoms with Crippen molar-refractivity contribution in [2.45, 2.75) is 33.2 Å². The Labute approximate surface area is 144 Å². The number of nitrogens with zero attached hydrogens (tertiary/aromatic N) is 2. The Morgan fingerprint density at radius 3 is 2.75 bits per heavy atom. The van der Waals surface area contributed by atoms with E-state index in [1.807, 2.05) is 57.2 Å². The molecule has 0 saturated carbocycles. The standard InChI is InChI=1S/C18H19N3O2S/c1-11(2)16-20-18(23-21-16)15-9-8-13(24-15)10-19-17(22)14-7-5-4-6-12(14)3/h4-9,11H,10H2,1-3H3,(H,19,22). The lowest BCUT2D eigenvalue weighted by Crippen LogP contribution is -2.23. The lowest BCUT2D eigenvalue weighted by Gasteiger charge is -2.06. The smallest absolute Gasteiger partial charge is 0.268 e. The minimum absolute atomic E-state index is 0.0667. The Kier molecular flexibility index (Phi) is 4.76. The highest BCUT2D eigenvalue weighted by Gasteiger charge is 2.14. The SMILES string of the molecule is Cc1ccccc1C(=O)NCc1ccc(-c2nc(C(C)C)no2)s1. The predicted octanol–water partition coefficient (Wildman–Crippen LogP) is 4.16. The molecule has 0 bridgehead atoms. The molecule has 0 aliphatic heterocycles. The first-order valence-corrected chi connectivity index (χ1v) is 8.62. The van der Waals surface area contributed by atoms with E-state index in [2.05, 4.69) is 15.5 Å². The van der Waals surface area contributed by atoms with Gasteiger partial charge in [0.25, 0.3) is 11.8 Å². The van der Waals surface area contributed by atoms with Gasteiger partial charge in [-0.15, -0.1) is 11.3 Å². The fraction of sp³-hybridized carbons (Fsp3) is 0.278. The number of benzene rings is 1. The summed E-state index contributed by atoms with van der Waals surface area (Å²) >= 11 is 1.54. The molecule has 0 saturated heterocycles. The first-order valence-electron chi connectivity index (χ1n) is 7.81. The number of carbonyl (C=O) groups is 1. The number of hydrogen-bond acceptors (Lipinski definition) is 5. The Bertz CT molecular complexity index is 851. The van der Waals surface area contributed by atoms with E-state index in [0.717, 1.165) is 15.3 Å². The second-order valence-corrected chi connectivity index (χ2v) is 7.04. The van der Waals surface area contributed by atoms with Crippen LogP contribution in [-0.2, 0) is 6.54 Å². The van der Waals surface area contributed by atoms with Crippen molar-refractivity contribution in [3.05, 3.63) is 58.2 Å². The maximum absolute atomic E-state index is 12.2. The highest BCUT2D eigenvalue weighted by atomic mass is 32.1. The van der Waals surface area contributed by atoms with E-state index in [4.69, 9.17) is 4.52 Å². The van der Waals surface area contributed by atoms with Gasteiger partial charge in [0.1, 0.15) is 0 Å². The molecule has 6 heteroatoms. The Morgan fingerprint density at radius 2 is 2.04 bits per heavy atom. The Morgan fingerprint density at radius 1 is 1.25 bits per heavy atom. The zero-order valence-electron chi connectivity index (χ0n) is 13.9. The largest absolute Gasteiger partial charge is 0.347 e. The lowest BCUT2D eigenvalue weighted by molar-refractivity contribution is 0.0950. The summed E-state index contributed by atoms with van der Waals surface area (Å²) in [7, 11) is 0. The van der Waals surface area contributed by atoms with Gasteiger partial charge in [0.05, 0.1) is 11.4 Å². The first-order chi connectivity index (χ1) is 11.5. The van der Waals surface area contributed by atoms with Crippen LogP contribution in [0.15, 0.2) is 40.9 Å². The van der Waals surface area contributed by atoms with Gasteiger partial charge in [-0.25, -0.2) is 0 Å². The molecule has 0 spiro atoms. The summed E-state index contributed by atoms with van der Waals surface area (Å²) in [4.78, 5) is 18.6. The third-order valence-corrected chi connectivity index (χ3v) is 4.72. The summed E-state index contributed by atoms with van der Waals surface area (Å²) in [5, 5.41) is 6.92. The van der Waals surface area contributed by atoms with E-state index in [0.29, 0.717) is 23.8 Å². The minimum atomic E-state index is -0.0667. The molecule has 1 N–H and O–H groups in total. The number of carbonyl (C=O) groups excluding carboxylic acids is 1. The topological polar surface area (TPSA) is 68.0 Å². The fourth-order valence-corrected chi connectivity index (χ4v) is 3.12. The molecule has 0 atom stereocenters. The summed E-state index contributed by atoms with van der Waals surface area (Å²) in [6.07, 6.45) is 0. The number of rotatable bonds is 5. The monoisotopic (exact) mass is 341 g/mol. The van der Waals surface area contributed by atoms with Crippen molar-refractivity contribution < 1.29 is 9.32 Å². The van der Waals surface area contributed by atoms with Gasteiger partial charge in [0, 0.05) is 16.4 Å². The van der Waals surface area contributed by atoms with Crippen molar-refractivity contribution in [1.82, 2.24) is 15.5 Å². The second-order valence-electron chi connectivity index (χ2n) is 5.88. The summed E-state index contributed by atoms with van der Waals surface area (Å²) < 4.78 is 5.30. The van der Waals surface area contributed by atoms with Gasteiger partial charge in [0.2, 0.25) is 0 Å². The van der Waals surface area contributed by atoms with Crippen molar-refractivity contribution in [2.24, 2.45) is 0 Å². The summed E-state index contributed by atoms with van der Waals surface area (Å²) in [6.45, 7) is 6.45. The van der Waals surface area contributed by atoms with Crippen molar-refractivity contribution in [1.29, 1.82) is 0 Å². The molecule has 2 aromatic heterocycles. The van der Waals surface area contributed by atoms with Crippen LogP contribution >= 0.6 is 11.3 Å². The highest BCUT2D eigenvalue weighted by molar-refractivity contribution is 7.15. The van der Waals surface area contributed by atoms with Crippen molar-refractivity contribution in [3.63, 3.8) is 0 Å². The molecule has 1 aromatic carbocycles. The second kappa shape index (κ2) is 6.97. The van der Waals surface area contributed by atoms with Crippen LogP contribution in [-0.4, -0.2) is 16.0 Å². The average Bonchev–Trinajstić information content (AvgIpc) is 3.22. The van der Waals surface area contributed by atoms with Crippen LogP contribution in [0.25, 0.3) is 10.8 Å². The van der Waals surface area contributed by atoms with Crippen LogP contribution < -0.4 is 5.32 Å². The van der Waals surface area contributed by atoms with Crippen molar-refractivity contribution in [3.8, 4) is 10.8 Å². The minimum Gasteiger partial charge on any atom is -0.347 e. The van der Waals surface area contributed by atoms with Crippen LogP contribution in [0.3, 0.4) is 0 Å². The van der Waals surface area contributed by atoms with Crippen molar-refractivity contribution in [2.75, 3.05) is 0 Å². The number of nitrogens with one attached hydrogen (secondary N) is 1. The predicted molar refractivity (Wildman–Crippen MR) is 94.0 cm³/mol. The van der Waals surface area contributed by atoms with Gasteiger partial charge >= 0.3 is 0 Å². The maximum atomic E-state index is 12.2. The molecule has 0 unspecified atom stereocenters. The fourth-order valence-electron chi connectivity index (χ4n) is 2.25. The van der Waals surface area contributed by atoms with E-state index < -0.39 is 0 Å². The average molecular weight is 341 g/mol. The molecular weight excluding hydrogens is 322 g/mol. The number of aryl methyl sites for hydroxylation is 1. The molecule has 3 aromatic rings. The molecule has 5 nitrogen and oxygen atoms in total. The number of aromatic nitrogens is 2. The molecule has 0 aliphatic rings. The molecule has 0 radical (unpaired) electrons. The molecule has 124 valence electrons. The summed E-state index contributed by atoms with van der Waals surface area (Å²) in [5.41, 5.74) is 1.67. The number of amides is 1. The molecule has 24 heavy (non-hydrogen) atoms. The van der Waals surface area contributed by atoms with Gasteiger partial charge in [0.15, 0.2) is 5.82 Å². The van der Waals surface area contributed by atoms with Gasteiger partial charge in [-0.1, -0.05) is 37.2 Å². The molecular formula is C18H19N3O2S. The third-order valence-electron chi connectivity index (χ3n) is 3.64. The first kappa shape index (κ1) is 16.4. The highest BCUT2D eigenvalue weighted by Crippen LogP contribution is 2.27. The van der Waals surface area contributed by atoms with Gasteiger partial charge in [-0.05, 0) is 30.7 Å². The van der Waals surface area contributed by atoms with E-state index in [-0.39, 0.29) is 11.8 Å². The van der Waals surface area contributed by atoms with Crippen LogP contribution in [0.5, 0.6) is 0 Å². The zero-order valence-corrected chi connectivity index (χ0v) is 14.7. The molecule has 0 aliphatic carbocycles. The number of thiophene rings is 1. The summed E-state index contributed by atoms with van der Waals surface area (Å²) in [5.74, 6) is 1.39. The van der Waals surface area contributed by atoms with Crippen LogP contribution in [0.1, 0.15) is 46.4 Å². The van der Waals surface area contributed by atoms with Crippen LogP contribution in [0.4, 0.5) is 0 Å². The molecule has 1 amide bonds. The third kappa shape index (κ3) is 3.54. The normalized spacial score (nSPS) is 11.0. The Hall–Kier alpha value is -2.47. The molecule has 3 rings (SSSR count). The molecule has 2 heterocycles. The van der Waals surface area contributed by atoms with Gasteiger partial charge in [-0.3, -0.25) is 4.79 Å². The van der Waals surface area contributed by atoms with Crippen LogP contribution in [0.2, 0.25) is 0 Å². The maximum Gasteiger partial charge on any atom is 0.268 e. The van der Waals surface area contributed by atoms with E-state index >= 15 is 0 Å².